The Morgan fingerprint density at radius 3 is 2.20 bits per heavy atom. The Bertz CT molecular complexity index is 1520. The monoisotopic (exact) mass is 649 g/mol. The van der Waals surface area contributed by atoms with Crippen molar-refractivity contribution in [2.45, 2.75) is 37.5 Å². The molecule has 220 valence electrons. The zero-order valence-electron chi connectivity index (χ0n) is 21.8. The van der Waals surface area contributed by atoms with Crippen LogP contribution < -0.4 is 9.62 Å². The molecule has 0 bridgehead atoms. The minimum atomic E-state index is -4.82. The Labute approximate surface area is 250 Å². The van der Waals surface area contributed by atoms with Crippen LogP contribution in [0.15, 0.2) is 71.6 Å². The quantitative estimate of drug-likeness (QED) is 0.275. The van der Waals surface area contributed by atoms with Crippen LogP contribution in [0, 0.1) is 0 Å². The topological polar surface area (TPSA) is 86.8 Å². The number of alkyl halides is 3. The normalized spacial score (nSPS) is 12.5. The number of nitrogens with one attached hydrogen (secondary N) is 1. The van der Waals surface area contributed by atoms with Crippen LogP contribution in [0.2, 0.25) is 15.1 Å². The zero-order chi connectivity index (χ0) is 30.5. The lowest BCUT2D eigenvalue weighted by Crippen LogP contribution is -2.51. The molecule has 0 radical (unpaired) electrons. The van der Waals surface area contributed by atoms with Gasteiger partial charge in [-0.1, -0.05) is 59.1 Å². The highest BCUT2D eigenvalue weighted by molar-refractivity contribution is 7.92. The molecule has 0 aromatic heterocycles. The third-order valence-corrected chi connectivity index (χ3v) is 8.71. The predicted octanol–water partition coefficient (Wildman–Crippen LogP) is 6.41. The Morgan fingerprint density at radius 1 is 0.951 bits per heavy atom. The van der Waals surface area contributed by atoms with Gasteiger partial charge < -0.3 is 10.2 Å². The number of hydrogen-bond acceptors (Lipinski definition) is 4. The van der Waals surface area contributed by atoms with Crippen molar-refractivity contribution in [2.24, 2.45) is 0 Å². The SMILES string of the molecule is CCNC(=O)C(C)N(Cc1ccc(Cl)cc1Cl)C(=O)CN(c1cc(C(F)(F)F)ccc1Cl)S(=O)(=O)c1ccccc1. The van der Waals surface area contributed by atoms with Crippen molar-refractivity contribution in [3.63, 3.8) is 0 Å². The van der Waals surface area contributed by atoms with Gasteiger partial charge in [0.2, 0.25) is 11.8 Å². The summed E-state index contributed by atoms with van der Waals surface area (Å²) in [5.41, 5.74) is -1.33. The van der Waals surface area contributed by atoms with Gasteiger partial charge in [0, 0.05) is 23.1 Å². The summed E-state index contributed by atoms with van der Waals surface area (Å²) in [6, 6.07) is 12.4. The van der Waals surface area contributed by atoms with Crippen molar-refractivity contribution < 1.29 is 31.2 Å². The highest BCUT2D eigenvalue weighted by Crippen LogP contribution is 2.37. The maximum Gasteiger partial charge on any atom is 0.416 e. The zero-order valence-corrected chi connectivity index (χ0v) is 24.8. The van der Waals surface area contributed by atoms with Crippen LogP contribution in [-0.2, 0) is 32.3 Å². The molecule has 41 heavy (non-hydrogen) atoms. The molecular formula is C27H25Cl3F3N3O4S. The predicted molar refractivity (Wildman–Crippen MR) is 153 cm³/mol. The first kappa shape index (κ1) is 32.5. The molecular weight excluding hydrogens is 626 g/mol. The van der Waals surface area contributed by atoms with E-state index in [1.807, 2.05) is 0 Å². The van der Waals surface area contributed by atoms with E-state index in [-0.39, 0.29) is 28.0 Å². The number of likely N-dealkylation sites (N-methyl/N-ethyl adjacent to an activating group) is 1. The van der Waals surface area contributed by atoms with E-state index in [4.69, 9.17) is 34.8 Å². The molecule has 1 atom stereocenters. The molecule has 0 saturated heterocycles. The highest BCUT2D eigenvalue weighted by Gasteiger charge is 2.36. The second-order valence-electron chi connectivity index (χ2n) is 8.82. The van der Waals surface area contributed by atoms with E-state index in [2.05, 4.69) is 5.32 Å². The van der Waals surface area contributed by atoms with E-state index in [0.717, 1.165) is 11.0 Å². The fourth-order valence-corrected chi connectivity index (χ4v) is 6.04. The third kappa shape index (κ3) is 7.85. The molecule has 0 aliphatic rings. The molecule has 0 fully saturated rings. The van der Waals surface area contributed by atoms with Crippen molar-refractivity contribution in [3.05, 3.63) is 92.9 Å². The summed E-state index contributed by atoms with van der Waals surface area (Å²) >= 11 is 18.5. The van der Waals surface area contributed by atoms with Gasteiger partial charge in [-0.2, -0.15) is 13.2 Å². The first-order valence-corrected chi connectivity index (χ1v) is 14.7. The van der Waals surface area contributed by atoms with Crippen LogP contribution in [0.4, 0.5) is 18.9 Å². The van der Waals surface area contributed by atoms with Crippen molar-refractivity contribution >= 4 is 62.3 Å². The fourth-order valence-electron chi connectivity index (χ4n) is 3.85. The summed E-state index contributed by atoms with van der Waals surface area (Å²) in [5.74, 6) is -1.44. The summed E-state index contributed by atoms with van der Waals surface area (Å²) < 4.78 is 68.8. The largest absolute Gasteiger partial charge is 0.416 e. The van der Waals surface area contributed by atoms with Gasteiger partial charge in [-0.3, -0.25) is 13.9 Å². The minimum Gasteiger partial charge on any atom is -0.355 e. The third-order valence-electron chi connectivity index (χ3n) is 6.03. The Hall–Kier alpha value is -2.99. The van der Waals surface area contributed by atoms with Gasteiger partial charge in [0.15, 0.2) is 0 Å². The Kier molecular flexibility index (Phi) is 10.6. The van der Waals surface area contributed by atoms with Gasteiger partial charge in [0.1, 0.15) is 12.6 Å². The number of halogens is 6. The second kappa shape index (κ2) is 13.3. The number of benzene rings is 3. The fraction of sp³-hybridized carbons (Fsp3) is 0.259. The molecule has 7 nitrogen and oxygen atoms in total. The number of amides is 2. The van der Waals surface area contributed by atoms with Crippen LogP contribution in [0.25, 0.3) is 0 Å². The van der Waals surface area contributed by atoms with Crippen molar-refractivity contribution in [3.8, 4) is 0 Å². The lowest BCUT2D eigenvalue weighted by atomic mass is 10.1. The summed E-state index contributed by atoms with van der Waals surface area (Å²) in [4.78, 5) is 27.4. The Balaban J connectivity index is 2.14. The van der Waals surface area contributed by atoms with E-state index in [0.29, 0.717) is 27.0 Å². The maximum absolute atomic E-state index is 13.8. The van der Waals surface area contributed by atoms with Crippen molar-refractivity contribution in [1.29, 1.82) is 0 Å². The standard InChI is InChI=1S/C27H25Cl3F3N3O4S/c1-3-34-26(38)17(2)35(15-18-9-11-20(28)14-23(18)30)25(37)16-36(41(39,40)21-7-5-4-6-8-21)24-13-19(27(31,32)33)10-12-22(24)29/h4-14,17H,3,15-16H2,1-2H3,(H,34,38). The average molecular weight is 651 g/mol. The number of sulfonamides is 1. The summed E-state index contributed by atoms with van der Waals surface area (Å²) in [6.07, 6.45) is -4.82. The maximum atomic E-state index is 13.8. The second-order valence-corrected chi connectivity index (χ2v) is 11.9. The van der Waals surface area contributed by atoms with E-state index in [1.54, 1.807) is 13.0 Å². The number of nitrogens with zero attached hydrogens (tertiary/aromatic N) is 2. The van der Waals surface area contributed by atoms with Gasteiger partial charge in [-0.05, 0) is 61.9 Å². The molecule has 14 heteroatoms. The van der Waals surface area contributed by atoms with Gasteiger partial charge >= 0.3 is 6.18 Å². The summed E-state index contributed by atoms with van der Waals surface area (Å²) in [6.45, 7) is 2.15. The van der Waals surface area contributed by atoms with E-state index in [1.165, 1.54) is 49.4 Å². The molecule has 1 N–H and O–H groups in total. The molecule has 3 rings (SSSR count). The lowest BCUT2D eigenvalue weighted by molar-refractivity contribution is -0.139. The Morgan fingerprint density at radius 2 is 1.61 bits per heavy atom. The summed E-state index contributed by atoms with van der Waals surface area (Å²) in [7, 11) is -4.62. The van der Waals surface area contributed by atoms with Gasteiger partial charge in [-0.25, -0.2) is 8.42 Å². The molecule has 0 heterocycles. The minimum absolute atomic E-state index is 0.188. The average Bonchev–Trinajstić information content (AvgIpc) is 2.91. The molecule has 2 amide bonds. The number of carbonyl (C=O) groups excluding carboxylic acids is 2. The van der Waals surface area contributed by atoms with Crippen LogP contribution in [0.1, 0.15) is 25.0 Å². The van der Waals surface area contributed by atoms with Gasteiger partial charge in [0.05, 0.1) is 21.2 Å². The number of rotatable bonds is 10. The van der Waals surface area contributed by atoms with E-state index >= 15 is 0 Å². The van der Waals surface area contributed by atoms with Crippen LogP contribution in [-0.4, -0.2) is 44.3 Å². The highest BCUT2D eigenvalue weighted by atomic mass is 35.5. The van der Waals surface area contributed by atoms with Crippen LogP contribution in [0.5, 0.6) is 0 Å². The smallest absolute Gasteiger partial charge is 0.355 e. The van der Waals surface area contributed by atoms with E-state index < -0.39 is 51.9 Å². The first-order chi connectivity index (χ1) is 19.2. The molecule has 3 aromatic rings. The molecule has 0 spiro atoms. The first-order valence-electron chi connectivity index (χ1n) is 12.1. The molecule has 1 unspecified atom stereocenters. The van der Waals surface area contributed by atoms with Crippen LogP contribution in [0.3, 0.4) is 0 Å². The van der Waals surface area contributed by atoms with Crippen molar-refractivity contribution in [1.82, 2.24) is 10.2 Å². The molecule has 0 aliphatic carbocycles. The number of hydrogen-bond donors (Lipinski definition) is 1. The number of anilines is 1. The van der Waals surface area contributed by atoms with E-state index in [9.17, 15) is 31.2 Å². The van der Waals surface area contributed by atoms with Crippen molar-refractivity contribution in [2.75, 3.05) is 17.4 Å². The van der Waals surface area contributed by atoms with Gasteiger partial charge in [0.25, 0.3) is 10.0 Å². The molecule has 3 aromatic carbocycles. The van der Waals surface area contributed by atoms with Crippen LogP contribution >= 0.6 is 34.8 Å². The molecule has 0 aliphatic heterocycles. The summed E-state index contributed by atoms with van der Waals surface area (Å²) in [5, 5.41) is 2.78. The lowest BCUT2D eigenvalue weighted by Gasteiger charge is -2.32. The van der Waals surface area contributed by atoms with Gasteiger partial charge in [-0.15, -0.1) is 0 Å². The molecule has 0 saturated carbocycles. The number of carbonyl (C=O) groups is 2.